The second-order valence-corrected chi connectivity index (χ2v) is 4.08. The highest BCUT2D eigenvalue weighted by Gasteiger charge is 2.21. The summed E-state index contributed by atoms with van der Waals surface area (Å²) in [4.78, 5) is 2.53. The first-order valence-corrected chi connectivity index (χ1v) is 5.90. The summed E-state index contributed by atoms with van der Waals surface area (Å²) >= 11 is 0. The van der Waals surface area contributed by atoms with Gasteiger partial charge < -0.3 is 9.73 Å². The van der Waals surface area contributed by atoms with Crippen molar-refractivity contribution < 1.29 is 4.42 Å². The largest absolute Gasteiger partial charge is 0.468 e. The molecule has 0 amide bonds. The summed E-state index contributed by atoms with van der Waals surface area (Å²) in [6, 6.07) is 4.53. The molecule has 15 heavy (non-hydrogen) atoms. The fraction of sp³-hybridized carbons (Fsp3) is 0.667. The van der Waals surface area contributed by atoms with E-state index < -0.39 is 0 Å². The van der Waals surface area contributed by atoms with Crippen LogP contribution in [-0.4, -0.2) is 31.1 Å². The van der Waals surface area contributed by atoms with Gasteiger partial charge in [-0.15, -0.1) is 0 Å². The van der Waals surface area contributed by atoms with Crippen LogP contribution in [0.3, 0.4) is 0 Å². The van der Waals surface area contributed by atoms with Crippen LogP contribution in [0, 0.1) is 0 Å². The number of nitrogens with one attached hydrogen (secondary N) is 1. The van der Waals surface area contributed by atoms with E-state index in [0.717, 1.165) is 31.8 Å². The average molecular weight is 208 g/mol. The highest BCUT2D eigenvalue weighted by Crippen LogP contribution is 2.24. The van der Waals surface area contributed by atoms with E-state index in [9.17, 15) is 0 Å². The Hall–Kier alpha value is -0.800. The molecule has 84 valence electrons. The van der Waals surface area contributed by atoms with Crippen LogP contribution in [0.25, 0.3) is 0 Å². The van der Waals surface area contributed by atoms with Crippen molar-refractivity contribution in [3.8, 4) is 0 Å². The molecular formula is C12H20N2O. The van der Waals surface area contributed by atoms with Crippen molar-refractivity contribution in [3.05, 3.63) is 24.2 Å². The van der Waals surface area contributed by atoms with Gasteiger partial charge in [-0.05, 0) is 31.5 Å². The van der Waals surface area contributed by atoms with Crippen LogP contribution in [0.4, 0.5) is 0 Å². The number of hydrogen-bond acceptors (Lipinski definition) is 3. The molecule has 1 unspecified atom stereocenters. The SMILES string of the molecule is CCC(c1ccco1)N1CCCNCC1. The fourth-order valence-corrected chi connectivity index (χ4v) is 2.30. The first-order valence-electron chi connectivity index (χ1n) is 5.90. The van der Waals surface area contributed by atoms with Crippen LogP contribution in [-0.2, 0) is 0 Å². The van der Waals surface area contributed by atoms with Crippen LogP contribution in [0.5, 0.6) is 0 Å². The Morgan fingerprint density at radius 1 is 1.47 bits per heavy atom. The zero-order valence-electron chi connectivity index (χ0n) is 9.41. The van der Waals surface area contributed by atoms with E-state index in [2.05, 4.69) is 23.2 Å². The van der Waals surface area contributed by atoms with Crippen molar-refractivity contribution in [2.75, 3.05) is 26.2 Å². The van der Waals surface area contributed by atoms with Crippen molar-refractivity contribution in [1.29, 1.82) is 0 Å². The molecule has 0 bridgehead atoms. The van der Waals surface area contributed by atoms with E-state index in [1.54, 1.807) is 6.26 Å². The minimum atomic E-state index is 0.458. The summed E-state index contributed by atoms with van der Waals surface area (Å²) in [5, 5.41) is 3.43. The molecule has 2 rings (SSSR count). The number of hydrogen-bond donors (Lipinski definition) is 1. The topological polar surface area (TPSA) is 28.4 Å². The third kappa shape index (κ3) is 2.61. The van der Waals surface area contributed by atoms with Gasteiger partial charge in [0, 0.05) is 19.6 Å². The van der Waals surface area contributed by atoms with Crippen LogP contribution in [0.15, 0.2) is 22.8 Å². The molecule has 1 aromatic rings. The van der Waals surface area contributed by atoms with Gasteiger partial charge in [0.15, 0.2) is 0 Å². The van der Waals surface area contributed by atoms with E-state index in [1.807, 2.05) is 6.07 Å². The van der Waals surface area contributed by atoms with Gasteiger partial charge >= 0.3 is 0 Å². The molecule has 0 saturated carbocycles. The van der Waals surface area contributed by atoms with Crippen molar-refractivity contribution in [1.82, 2.24) is 10.2 Å². The number of furan rings is 1. The Morgan fingerprint density at radius 3 is 3.13 bits per heavy atom. The monoisotopic (exact) mass is 208 g/mol. The Balaban J connectivity index is 2.04. The second-order valence-electron chi connectivity index (χ2n) is 4.08. The minimum Gasteiger partial charge on any atom is -0.468 e. The molecule has 1 fully saturated rings. The number of rotatable bonds is 3. The van der Waals surface area contributed by atoms with Gasteiger partial charge in [-0.2, -0.15) is 0 Å². The molecule has 2 heterocycles. The highest BCUT2D eigenvalue weighted by atomic mass is 16.3. The van der Waals surface area contributed by atoms with Crippen molar-refractivity contribution >= 4 is 0 Å². The van der Waals surface area contributed by atoms with Gasteiger partial charge in [0.1, 0.15) is 5.76 Å². The van der Waals surface area contributed by atoms with E-state index >= 15 is 0 Å². The third-order valence-corrected chi connectivity index (χ3v) is 3.07. The van der Waals surface area contributed by atoms with Gasteiger partial charge in [-0.25, -0.2) is 0 Å². The molecule has 0 spiro atoms. The molecule has 1 saturated heterocycles. The molecule has 1 aliphatic heterocycles. The normalized spacial score (nSPS) is 21.1. The molecule has 1 atom stereocenters. The smallest absolute Gasteiger partial charge is 0.120 e. The first-order chi connectivity index (χ1) is 7.42. The summed E-state index contributed by atoms with van der Waals surface area (Å²) < 4.78 is 5.52. The van der Waals surface area contributed by atoms with E-state index in [-0.39, 0.29) is 0 Å². The molecule has 1 aliphatic rings. The molecule has 0 aromatic carbocycles. The average Bonchev–Trinajstić information content (AvgIpc) is 2.63. The lowest BCUT2D eigenvalue weighted by Gasteiger charge is -2.27. The molecular weight excluding hydrogens is 188 g/mol. The highest BCUT2D eigenvalue weighted by molar-refractivity contribution is 5.04. The molecule has 1 N–H and O–H groups in total. The van der Waals surface area contributed by atoms with Gasteiger partial charge in [0.2, 0.25) is 0 Å². The maximum atomic E-state index is 5.52. The lowest BCUT2D eigenvalue weighted by Crippen LogP contribution is -2.31. The quantitative estimate of drug-likeness (QED) is 0.824. The standard InChI is InChI=1S/C12H20N2O/c1-2-11(12-5-3-10-15-12)14-8-4-6-13-7-9-14/h3,5,10-11,13H,2,4,6-9H2,1H3. The summed E-state index contributed by atoms with van der Waals surface area (Å²) in [5.41, 5.74) is 0. The summed E-state index contributed by atoms with van der Waals surface area (Å²) in [6.45, 7) is 6.76. The molecule has 1 aromatic heterocycles. The lowest BCUT2D eigenvalue weighted by atomic mass is 10.1. The fourth-order valence-electron chi connectivity index (χ4n) is 2.30. The van der Waals surface area contributed by atoms with Crippen LogP contribution in [0.1, 0.15) is 31.6 Å². The van der Waals surface area contributed by atoms with Gasteiger partial charge in [0.25, 0.3) is 0 Å². The van der Waals surface area contributed by atoms with E-state index in [4.69, 9.17) is 4.42 Å². The lowest BCUT2D eigenvalue weighted by molar-refractivity contribution is 0.181. The molecule has 3 heteroatoms. The molecule has 0 aliphatic carbocycles. The summed E-state index contributed by atoms with van der Waals surface area (Å²) in [6.07, 6.45) is 4.12. The maximum Gasteiger partial charge on any atom is 0.120 e. The van der Waals surface area contributed by atoms with Crippen LogP contribution >= 0.6 is 0 Å². The van der Waals surface area contributed by atoms with E-state index in [1.165, 1.54) is 13.0 Å². The van der Waals surface area contributed by atoms with Crippen molar-refractivity contribution in [3.63, 3.8) is 0 Å². The molecule has 0 radical (unpaired) electrons. The van der Waals surface area contributed by atoms with Crippen LogP contribution in [0.2, 0.25) is 0 Å². The van der Waals surface area contributed by atoms with Gasteiger partial charge in [-0.3, -0.25) is 4.90 Å². The number of nitrogens with zero attached hydrogens (tertiary/aromatic N) is 1. The minimum absolute atomic E-state index is 0.458. The Morgan fingerprint density at radius 2 is 2.40 bits per heavy atom. The Labute approximate surface area is 91.4 Å². The maximum absolute atomic E-state index is 5.52. The zero-order chi connectivity index (χ0) is 10.5. The first kappa shape index (κ1) is 10.7. The summed E-state index contributed by atoms with van der Waals surface area (Å²) in [5.74, 6) is 1.11. The summed E-state index contributed by atoms with van der Waals surface area (Å²) in [7, 11) is 0. The third-order valence-electron chi connectivity index (χ3n) is 3.07. The predicted molar refractivity (Wildman–Crippen MR) is 60.8 cm³/mol. The van der Waals surface area contributed by atoms with Crippen molar-refractivity contribution in [2.45, 2.75) is 25.8 Å². The van der Waals surface area contributed by atoms with Crippen LogP contribution < -0.4 is 5.32 Å². The Kier molecular flexibility index (Phi) is 3.80. The Bertz CT molecular complexity index is 263. The second kappa shape index (κ2) is 5.33. The predicted octanol–water partition coefficient (Wildman–Crippen LogP) is 2.03. The van der Waals surface area contributed by atoms with Crippen molar-refractivity contribution in [2.24, 2.45) is 0 Å². The van der Waals surface area contributed by atoms with Gasteiger partial charge in [0.05, 0.1) is 12.3 Å². The zero-order valence-corrected chi connectivity index (χ0v) is 9.41. The van der Waals surface area contributed by atoms with Gasteiger partial charge in [-0.1, -0.05) is 6.92 Å². The molecule has 3 nitrogen and oxygen atoms in total. The van der Waals surface area contributed by atoms with E-state index in [0.29, 0.717) is 6.04 Å².